The van der Waals surface area contributed by atoms with Gasteiger partial charge in [-0.3, -0.25) is 4.79 Å². The fourth-order valence-corrected chi connectivity index (χ4v) is 2.71. The first-order valence-electron chi connectivity index (χ1n) is 7.20. The lowest BCUT2D eigenvalue weighted by atomic mass is 9.70. The van der Waals surface area contributed by atoms with Gasteiger partial charge in [-0.15, -0.1) is 0 Å². The molecule has 1 rings (SSSR count). The fourth-order valence-electron chi connectivity index (χ4n) is 2.71. The van der Waals surface area contributed by atoms with Gasteiger partial charge < -0.3 is 16.2 Å². The lowest BCUT2D eigenvalue weighted by Crippen LogP contribution is -2.50. The third-order valence-corrected chi connectivity index (χ3v) is 4.41. The van der Waals surface area contributed by atoms with Crippen molar-refractivity contribution in [2.45, 2.75) is 58.4 Å². The summed E-state index contributed by atoms with van der Waals surface area (Å²) >= 11 is 0. The number of hydrogen-bond donors (Lipinski definition) is 3. The number of nitrogens with two attached hydrogens (primary N) is 1. The van der Waals surface area contributed by atoms with Crippen LogP contribution in [0, 0.1) is 11.3 Å². The molecule has 18 heavy (non-hydrogen) atoms. The largest absolute Gasteiger partial charge is 0.396 e. The Balaban J connectivity index is 2.61. The average Bonchev–Trinajstić information content (AvgIpc) is 2.39. The van der Waals surface area contributed by atoms with Gasteiger partial charge in [-0.25, -0.2) is 0 Å². The highest BCUT2D eigenvalue weighted by Crippen LogP contribution is 2.38. The Labute approximate surface area is 110 Å². The predicted molar refractivity (Wildman–Crippen MR) is 73.0 cm³/mol. The summed E-state index contributed by atoms with van der Waals surface area (Å²) in [5, 5.41) is 12.0. The van der Waals surface area contributed by atoms with Crippen molar-refractivity contribution in [1.82, 2.24) is 5.32 Å². The van der Waals surface area contributed by atoms with E-state index in [9.17, 15) is 4.79 Å². The molecule has 0 bridgehead atoms. The summed E-state index contributed by atoms with van der Waals surface area (Å²) in [4.78, 5) is 12.4. The number of aliphatic hydroxyl groups excluding tert-OH is 1. The van der Waals surface area contributed by atoms with Crippen molar-refractivity contribution in [2.24, 2.45) is 17.1 Å². The van der Waals surface area contributed by atoms with Crippen LogP contribution in [-0.4, -0.2) is 30.2 Å². The summed E-state index contributed by atoms with van der Waals surface area (Å²) in [7, 11) is 0. The zero-order valence-corrected chi connectivity index (χ0v) is 11.7. The van der Waals surface area contributed by atoms with Crippen molar-refractivity contribution in [3.8, 4) is 0 Å². The van der Waals surface area contributed by atoms with Crippen LogP contribution in [0.25, 0.3) is 0 Å². The van der Waals surface area contributed by atoms with Gasteiger partial charge in [0.2, 0.25) is 5.91 Å². The van der Waals surface area contributed by atoms with Crippen LogP contribution in [0.15, 0.2) is 0 Å². The molecule has 1 aliphatic rings. The Morgan fingerprint density at radius 1 is 1.50 bits per heavy atom. The maximum Gasteiger partial charge on any atom is 0.227 e. The maximum atomic E-state index is 12.4. The zero-order valence-electron chi connectivity index (χ0n) is 11.7. The van der Waals surface area contributed by atoms with Crippen molar-refractivity contribution in [3.05, 3.63) is 0 Å². The van der Waals surface area contributed by atoms with Crippen molar-refractivity contribution in [3.63, 3.8) is 0 Å². The van der Waals surface area contributed by atoms with E-state index in [0.29, 0.717) is 18.9 Å². The molecular formula is C14H28N2O2. The number of aliphatic hydroxyl groups is 1. The molecule has 0 aromatic rings. The molecule has 1 fully saturated rings. The van der Waals surface area contributed by atoms with Gasteiger partial charge in [-0.1, -0.05) is 13.8 Å². The summed E-state index contributed by atoms with van der Waals surface area (Å²) in [6, 6.07) is 0.0743. The molecule has 4 nitrogen and oxygen atoms in total. The summed E-state index contributed by atoms with van der Waals surface area (Å²) in [6.07, 6.45) is 5.43. The molecule has 1 saturated carbocycles. The highest BCUT2D eigenvalue weighted by Gasteiger charge is 2.40. The Morgan fingerprint density at radius 3 is 2.56 bits per heavy atom. The van der Waals surface area contributed by atoms with Crippen LogP contribution in [0.5, 0.6) is 0 Å². The summed E-state index contributed by atoms with van der Waals surface area (Å²) in [6.45, 7) is 4.81. The number of carbonyl (C=O) groups is 1. The first-order chi connectivity index (χ1) is 8.57. The number of amides is 1. The predicted octanol–water partition coefficient (Wildman–Crippen LogP) is 1.42. The molecule has 1 unspecified atom stereocenters. The molecule has 0 aromatic heterocycles. The SMILES string of the molecule is CCC(CCO)NC(=O)C1(CN)CCC(C)CC1. The second-order valence-electron chi connectivity index (χ2n) is 5.76. The molecule has 0 aliphatic heterocycles. The maximum absolute atomic E-state index is 12.4. The van der Waals surface area contributed by atoms with Gasteiger partial charge in [0.05, 0.1) is 5.41 Å². The minimum atomic E-state index is -0.366. The van der Waals surface area contributed by atoms with Gasteiger partial charge in [-0.2, -0.15) is 0 Å². The van der Waals surface area contributed by atoms with Gasteiger partial charge in [0.1, 0.15) is 0 Å². The molecule has 4 heteroatoms. The summed E-state index contributed by atoms with van der Waals surface area (Å²) < 4.78 is 0. The molecule has 1 atom stereocenters. The minimum absolute atomic E-state index is 0.0743. The van der Waals surface area contributed by atoms with E-state index in [4.69, 9.17) is 10.8 Å². The standard InChI is InChI=1S/C14H28N2O2/c1-3-12(6-9-17)16-13(18)14(10-15)7-4-11(2)5-8-14/h11-12,17H,3-10,15H2,1-2H3,(H,16,18). The van der Waals surface area contributed by atoms with Crippen LogP contribution < -0.4 is 11.1 Å². The van der Waals surface area contributed by atoms with Crippen molar-refractivity contribution in [2.75, 3.05) is 13.2 Å². The molecule has 106 valence electrons. The van der Waals surface area contributed by atoms with Crippen molar-refractivity contribution >= 4 is 5.91 Å². The van der Waals surface area contributed by atoms with Crippen LogP contribution in [0.4, 0.5) is 0 Å². The second kappa shape index (κ2) is 7.10. The molecule has 0 heterocycles. The van der Waals surface area contributed by atoms with Crippen LogP contribution >= 0.6 is 0 Å². The first-order valence-corrected chi connectivity index (χ1v) is 7.20. The molecule has 0 saturated heterocycles. The number of carbonyl (C=O) groups excluding carboxylic acids is 1. The van der Waals surface area contributed by atoms with Gasteiger partial charge >= 0.3 is 0 Å². The Hall–Kier alpha value is -0.610. The normalized spacial score (nSPS) is 29.9. The molecule has 1 amide bonds. The molecule has 1 aliphatic carbocycles. The third kappa shape index (κ3) is 3.69. The molecule has 4 N–H and O–H groups in total. The molecule has 0 radical (unpaired) electrons. The second-order valence-corrected chi connectivity index (χ2v) is 5.76. The molecule has 0 aromatic carbocycles. The lowest BCUT2D eigenvalue weighted by molar-refractivity contribution is -0.133. The number of nitrogens with one attached hydrogen (secondary N) is 1. The van der Waals surface area contributed by atoms with Gasteiger partial charge in [-0.05, 0) is 44.4 Å². The fraction of sp³-hybridized carbons (Fsp3) is 0.929. The number of rotatable bonds is 6. The third-order valence-electron chi connectivity index (χ3n) is 4.41. The van der Waals surface area contributed by atoms with E-state index < -0.39 is 0 Å². The van der Waals surface area contributed by atoms with Gasteiger partial charge in [0, 0.05) is 19.2 Å². The van der Waals surface area contributed by atoms with E-state index >= 15 is 0 Å². The van der Waals surface area contributed by atoms with Crippen LogP contribution in [0.3, 0.4) is 0 Å². The molecular weight excluding hydrogens is 228 g/mol. The highest BCUT2D eigenvalue weighted by atomic mass is 16.3. The Morgan fingerprint density at radius 2 is 2.11 bits per heavy atom. The smallest absolute Gasteiger partial charge is 0.227 e. The van der Waals surface area contributed by atoms with Crippen molar-refractivity contribution < 1.29 is 9.90 Å². The van der Waals surface area contributed by atoms with E-state index in [-0.39, 0.29) is 24.0 Å². The van der Waals surface area contributed by atoms with E-state index in [1.807, 2.05) is 6.92 Å². The van der Waals surface area contributed by atoms with E-state index in [1.165, 1.54) is 0 Å². The van der Waals surface area contributed by atoms with Crippen LogP contribution in [-0.2, 0) is 4.79 Å². The van der Waals surface area contributed by atoms with Gasteiger partial charge in [0.25, 0.3) is 0 Å². The van der Waals surface area contributed by atoms with E-state index in [1.54, 1.807) is 0 Å². The number of hydrogen-bond acceptors (Lipinski definition) is 3. The zero-order chi connectivity index (χ0) is 13.6. The summed E-state index contributed by atoms with van der Waals surface area (Å²) in [5.41, 5.74) is 5.50. The Kier molecular flexibility index (Phi) is 6.09. The minimum Gasteiger partial charge on any atom is -0.396 e. The molecule has 0 spiro atoms. The quantitative estimate of drug-likeness (QED) is 0.673. The Bertz CT molecular complexity index is 261. The van der Waals surface area contributed by atoms with Crippen molar-refractivity contribution in [1.29, 1.82) is 0 Å². The monoisotopic (exact) mass is 256 g/mol. The first kappa shape index (κ1) is 15.4. The topological polar surface area (TPSA) is 75.3 Å². The summed E-state index contributed by atoms with van der Waals surface area (Å²) in [5.74, 6) is 0.800. The van der Waals surface area contributed by atoms with Crippen LogP contribution in [0.1, 0.15) is 52.4 Å². The average molecular weight is 256 g/mol. The lowest BCUT2D eigenvalue weighted by Gasteiger charge is -2.38. The van der Waals surface area contributed by atoms with E-state index in [0.717, 1.165) is 32.1 Å². The highest BCUT2D eigenvalue weighted by molar-refractivity contribution is 5.83. The van der Waals surface area contributed by atoms with E-state index in [2.05, 4.69) is 12.2 Å². The van der Waals surface area contributed by atoms with Gasteiger partial charge in [0.15, 0.2) is 0 Å². The van der Waals surface area contributed by atoms with Crippen LogP contribution in [0.2, 0.25) is 0 Å².